The molecule has 0 saturated carbocycles. The lowest BCUT2D eigenvalue weighted by Gasteiger charge is -2.31. The first-order valence-electron chi connectivity index (χ1n) is 5.29. The monoisotopic (exact) mass is 260 g/mol. The first kappa shape index (κ1) is 13.5. The molecule has 1 atom stereocenters. The Labute approximate surface area is 106 Å². The van der Waals surface area contributed by atoms with Gasteiger partial charge in [0.05, 0.1) is 6.42 Å². The highest BCUT2D eigenvalue weighted by Crippen LogP contribution is 2.11. The van der Waals surface area contributed by atoms with Crippen molar-refractivity contribution >= 4 is 29.7 Å². The average Bonchev–Trinajstić information content (AvgIpc) is 2.70. The molecule has 0 aromatic carbocycles. The Morgan fingerprint density at radius 1 is 1.69 bits per heavy atom. The predicted octanol–water partition coefficient (Wildman–Crippen LogP) is 1.53. The van der Waals surface area contributed by atoms with Crippen LogP contribution < -0.4 is 5.32 Å². The molecule has 0 spiro atoms. The largest absolute Gasteiger partial charge is 0.340 e. The molecular weight excluding hydrogens is 244 g/mol. The van der Waals surface area contributed by atoms with Crippen LogP contribution in [0.15, 0.2) is 17.5 Å². The SMILES string of the molecule is C[C@H]1CN(C(=O)Cc2cccs2)CCN1.Cl. The molecule has 1 aliphatic rings. The number of hydrogen-bond donors (Lipinski definition) is 1. The highest BCUT2D eigenvalue weighted by molar-refractivity contribution is 7.10. The molecule has 1 aromatic heterocycles. The summed E-state index contributed by atoms with van der Waals surface area (Å²) in [7, 11) is 0. The second kappa shape index (κ2) is 6.23. The topological polar surface area (TPSA) is 32.3 Å². The smallest absolute Gasteiger partial charge is 0.227 e. The Balaban J connectivity index is 0.00000128. The van der Waals surface area contributed by atoms with Gasteiger partial charge in [-0.2, -0.15) is 0 Å². The predicted molar refractivity (Wildman–Crippen MR) is 69.3 cm³/mol. The molecule has 1 saturated heterocycles. The zero-order valence-electron chi connectivity index (χ0n) is 9.31. The molecule has 0 bridgehead atoms. The zero-order chi connectivity index (χ0) is 10.7. The van der Waals surface area contributed by atoms with Gasteiger partial charge in [0.2, 0.25) is 5.91 Å². The summed E-state index contributed by atoms with van der Waals surface area (Å²) < 4.78 is 0. The maximum absolute atomic E-state index is 11.9. The summed E-state index contributed by atoms with van der Waals surface area (Å²) in [5.74, 6) is 0.255. The van der Waals surface area contributed by atoms with Crippen molar-refractivity contribution < 1.29 is 4.79 Å². The summed E-state index contributed by atoms with van der Waals surface area (Å²) in [5, 5.41) is 5.35. The van der Waals surface area contributed by atoms with E-state index in [4.69, 9.17) is 0 Å². The lowest BCUT2D eigenvalue weighted by atomic mass is 10.2. The number of carbonyl (C=O) groups excluding carboxylic acids is 1. The third-order valence-corrected chi connectivity index (χ3v) is 3.50. The number of nitrogens with one attached hydrogen (secondary N) is 1. The standard InChI is InChI=1S/C11H16N2OS.ClH/c1-9-8-13(5-4-12-9)11(14)7-10-3-2-6-15-10;/h2-3,6,9,12H,4-5,7-8H2,1H3;1H/t9-;/m0./s1. The van der Waals surface area contributed by atoms with Crippen LogP contribution in [0.1, 0.15) is 11.8 Å². The van der Waals surface area contributed by atoms with Crippen LogP contribution in [0.3, 0.4) is 0 Å². The number of rotatable bonds is 2. The fourth-order valence-corrected chi connectivity index (χ4v) is 2.53. The molecule has 90 valence electrons. The average molecular weight is 261 g/mol. The third kappa shape index (κ3) is 3.47. The van der Waals surface area contributed by atoms with Crippen molar-refractivity contribution in [3.05, 3.63) is 22.4 Å². The summed E-state index contributed by atoms with van der Waals surface area (Å²) in [6, 6.07) is 4.44. The van der Waals surface area contributed by atoms with Crippen LogP contribution in [0.5, 0.6) is 0 Å². The van der Waals surface area contributed by atoms with Crippen LogP contribution in [0.25, 0.3) is 0 Å². The quantitative estimate of drug-likeness (QED) is 0.875. The van der Waals surface area contributed by atoms with Crippen molar-refractivity contribution in [2.75, 3.05) is 19.6 Å². The molecule has 2 rings (SSSR count). The normalized spacial score (nSPS) is 20.3. The highest BCUT2D eigenvalue weighted by atomic mass is 35.5. The van der Waals surface area contributed by atoms with Gasteiger partial charge in [-0.3, -0.25) is 4.79 Å². The molecule has 0 aliphatic carbocycles. The molecule has 1 N–H and O–H groups in total. The van der Waals surface area contributed by atoms with Crippen LogP contribution >= 0.6 is 23.7 Å². The van der Waals surface area contributed by atoms with E-state index in [1.165, 1.54) is 0 Å². The van der Waals surface area contributed by atoms with E-state index in [0.29, 0.717) is 12.5 Å². The van der Waals surface area contributed by atoms with Crippen LogP contribution in [0.4, 0.5) is 0 Å². The van der Waals surface area contributed by atoms with Gasteiger partial charge in [-0.05, 0) is 18.4 Å². The fourth-order valence-electron chi connectivity index (χ4n) is 1.83. The van der Waals surface area contributed by atoms with Crippen molar-refractivity contribution in [2.24, 2.45) is 0 Å². The van der Waals surface area contributed by atoms with Crippen LogP contribution in [0, 0.1) is 0 Å². The molecule has 1 amide bonds. The van der Waals surface area contributed by atoms with Crippen molar-refractivity contribution in [3.8, 4) is 0 Å². The van der Waals surface area contributed by atoms with E-state index in [1.54, 1.807) is 11.3 Å². The van der Waals surface area contributed by atoms with Gasteiger partial charge in [0.25, 0.3) is 0 Å². The summed E-state index contributed by atoms with van der Waals surface area (Å²) in [4.78, 5) is 15.0. The minimum Gasteiger partial charge on any atom is -0.340 e. The van der Waals surface area contributed by atoms with Crippen LogP contribution in [-0.4, -0.2) is 36.5 Å². The molecule has 1 aliphatic heterocycles. The maximum Gasteiger partial charge on any atom is 0.227 e. The minimum atomic E-state index is 0. The van der Waals surface area contributed by atoms with E-state index in [2.05, 4.69) is 12.2 Å². The number of thiophene rings is 1. The Morgan fingerprint density at radius 2 is 2.50 bits per heavy atom. The Hall–Kier alpha value is -0.580. The molecule has 5 heteroatoms. The molecule has 1 fully saturated rings. The number of halogens is 1. The number of nitrogens with zero attached hydrogens (tertiary/aromatic N) is 1. The van der Waals surface area contributed by atoms with Crippen LogP contribution in [0.2, 0.25) is 0 Å². The second-order valence-electron chi connectivity index (χ2n) is 3.95. The number of amides is 1. The Kier molecular flexibility index (Phi) is 5.25. The number of piperazine rings is 1. The molecule has 2 heterocycles. The first-order chi connectivity index (χ1) is 7.25. The van der Waals surface area contributed by atoms with E-state index in [9.17, 15) is 4.79 Å². The van der Waals surface area contributed by atoms with E-state index < -0.39 is 0 Å². The third-order valence-electron chi connectivity index (χ3n) is 2.63. The van der Waals surface area contributed by atoms with Gasteiger partial charge in [-0.25, -0.2) is 0 Å². The lowest BCUT2D eigenvalue weighted by Crippen LogP contribution is -2.51. The zero-order valence-corrected chi connectivity index (χ0v) is 10.9. The van der Waals surface area contributed by atoms with Crippen LogP contribution in [-0.2, 0) is 11.2 Å². The minimum absolute atomic E-state index is 0. The van der Waals surface area contributed by atoms with Gasteiger partial charge in [-0.15, -0.1) is 23.7 Å². The van der Waals surface area contributed by atoms with Crippen molar-refractivity contribution in [1.82, 2.24) is 10.2 Å². The van der Waals surface area contributed by atoms with Crippen molar-refractivity contribution in [3.63, 3.8) is 0 Å². The van der Waals surface area contributed by atoms with Gasteiger partial charge >= 0.3 is 0 Å². The summed E-state index contributed by atoms with van der Waals surface area (Å²) >= 11 is 1.65. The fraction of sp³-hybridized carbons (Fsp3) is 0.545. The molecule has 3 nitrogen and oxygen atoms in total. The summed E-state index contributed by atoms with van der Waals surface area (Å²) in [5.41, 5.74) is 0. The van der Waals surface area contributed by atoms with E-state index in [0.717, 1.165) is 24.5 Å². The Bertz CT molecular complexity index is 329. The summed E-state index contributed by atoms with van der Waals surface area (Å²) in [6.07, 6.45) is 0.560. The van der Waals surface area contributed by atoms with Gasteiger partial charge < -0.3 is 10.2 Å². The molecule has 1 aromatic rings. The van der Waals surface area contributed by atoms with E-state index >= 15 is 0 Å². The first-order valence-corrected chi connectivity index (χ1v) is 6.17. The molecule has 0 radical (unpaired) electrons. The molecular formula is C11H17ClN2OS. The Morgan fingerprint density at radius 3 is 3.12 bits per heavy atom. The van der Waals surface area contributed by atoms with Gasteiger partial charge in [0, 0.05) is 30.6 Å². The molecule has 16 heavy (non-hydrogen) atoms. The maximum atomic E-state index is 11.9. The van der Waals surface area contributed by atoms with Gasteiger partial charge in [0.15, 0.2) is 0 Å². The second-order valence-corrected chi connectivity index (χ2v) is 4.98. The van der Waals surface area contributed by atoms with Crippen molar-refractivity contribution in [2.45, 2.75) is 19.4 Å². The van der Waals surface area contributed by atoms with Crippen molar-refractivity contribution in [1.29, 1.82) is 0 Å². The summed E-state index contributed by atoms with van der Waals surface area (Å²) in [6.45, 7) is 4.71. The lowest BCUT2D eigenvalue weighted by molar-refractivity contribution is -0.131. The van der Waals surface area contributed by atoms with E-state index in [-0.39, 0.29) is 18.3 Å². The van der Waals surface area contributed by atoms with Gasteiger partial charge in [0.1, 0.15) is 0 Å². The molecule has 0 unspecified atom stereocenters. The highest BCUT2D eigenvalue weighted by Gasteiger charge is 2.20. The van der Waals surface area contributed by atoms with E-state index in [1.807, 2.05) is 22.4 Å². The number of carbonyl (C=O) groups is 1. The number of hydrogen-bond acceptors (Lipinski definition) is 3. The van der Waals surface area contributed by atoms with Gasteiger partial charge in [-0.1, -0.05) is 6.07 Å².